The lowest BCUT2D eigenvalue weighted by Gasteiger charge is -1.94. The van der Waals surface area contributed by atoms with Crippen LogP contribution in [0.2, 0.25) is 5.02 Å². The third kappa shape index (κ3) is 1.59. The van der Waals surface area contributed by atoms with Gasteiger partial charge in [0.25, 0.3) is 0 Å². The number of halogens is 1. The van der Waals surface area contributed by atoms with E-state index in [1.165, 1.54) is 0 Å². The fourth-order valence-electron chi connectivity index (χ4n) is 0.598. The Kier molecular flexibility index (Phi) is 1.92. The fourth-order valence-corrected chi connectivity index (χ4v) is 0.789. The molecule has 0 bridgehead atoms. The zero-order valence-electron chi connectivity index (χ0n) is 4.89. The summed E-state index contributed by atoms with van der Waals surface area (Å²) in [5, 5.41) is 0.726. The molecular formula is C6H8ClN2+. The van der Waals surface area contributed by atoms with Gasteiger partial charge in [-0.05, 0) is 18.2 Å². The molecule has 0 saturated carbocycles. The number of rotatable bonds is 1. The van der Waals surface area contributed by atoms with Gasteiger partial charge in [-0.25, -0.2) is 5.43 Å². The Labute approximate surface area is 58.6 Å². The van der Waals surface area contributed by atoms with Gasteiger partial charge in [0.05, 0.1) is 5.69 Å². The lowest BCUT2D eigenvalue weighted by Crippen LogP contribution is -2.56. The molecule has 1 aromatic rings. The van der Waals surface area contributed by atoms with Crippen molar-refractivity contribution >= 4 is 17.3 Å². The first kappa shape index (κ1) is 6.39. The van der Waals surface area contributed by atoms with Crippen LogP contribution in [-0.2, 0) is 0 Å². The second kappa shape index (κ2) is 2.71. The molecule has 0 atom stereocenters. The van der Waals surface area contributed by atoms with Crippen molar-refractivity contribution in [2.75, 3.05) is 5.43 Å². The fraction of sp³-hybridized carbons (Fsp3) is 0. The largest absolute Gasteiger partial charge is 0.258 e. The molecular weight excluding hydrogens is 136 g/mol. The standard InChI is InChI=1S/C6H7ClN2/c7-5-2-1-3-6(4-5)9-8/h1-4,9H,8H2/p+1. The summed E-state index contributed by atoms with van der Waals surface area (Å²) in [5.41, 5.74) is 3.67. The molecule has 48 valence electrons. The molecule has 0 aliphatic heterocycles. The molecule has 0 unspecified atom stereocenters. The normalized spacial score (nSPS) is 9.11. The number of anilines is 1. The SMILES string of the molecule is [NH3+]Nc1cccc(Cl)c1. The molecule has 0 amide bonds. The van der Waals surface area contributed by atoms with E-state index in [1.807, 2.05) is 24.3 Å². The molecule has 0 saturated heterocycles. The molecule has 2 nitrogen and oxygen atoms in total. The lowest BCUT2D eigenvalue weighted by molar-refractivity contribution is -0.325. The van der Waals surface area contributed by atoms with Crippen LogP contribution < -0.4 is 11.3 Å². The molecule has 3 heteroatoms. The van der Waals surface area contributed by atoms with Crippen LogP contribution >= 0.6 is 11.6 Å². The molecule has 9 heavy (non-hydrogen) atoms. The Morgan fingerprint density at radius 3 is 2.67 bits per heavy atom. The molecule has 0 heterocycles. The highest BCUT2D eigenvalue weighted by Crippen LogP contribution is 2.12. The van der Waals surface area contributed by atoms with Crippen molar-refractivity contribution in [3.8, 4) is 0 Å². The van der Waals surface area contributed by atoms with Gasteiger partial charge in [-0.3, -0.25) is 5.84 Å². The summed E-state index contributed by atoms with van der Waals surface area (Å²) in [5.74, 6) is 3.49. The zero-order valence-corrected chi connectivity index (χ0v) is 5.65. The van der Waals surface area contributed by atoms with E-state index >= 15 is 0 Å². The molecule has 0 radical (unpaired) electrons. The number of quaternary nitrogens is 1. The maximum absolute atomic E-state index is 5.66. The van der Waals surface area contributed by atoms with Gasteiger partial charge in [-0.2, -0.15) is 0 Å². The average Bonchev–Trinajstić information content (AvgIpc) is 1.88. The number of nitrogens with one attached hydrogen (secondary N) is 1. The van der Waals surface area contributed by atoms with Gasteiger partial charge < -0.3 is 0 Å². The van der Waals surface area contributed by atoms with Crippen molar-refractivity contribution in [3.63, 3.8) is 0 Å². The summed E-state index contributed by atoms with van der Waals surface area (Å²) >= 11 is 5.66. The van der Waals surface area contributed by atoms with E-state index in [0.29, 0.717) is 0 Å². The van der Waals surface area contributed by atoms with Crippen molar-refractivity contribution < 1.29 is 5.84 Å². The van der Waals surface area contributed by atoms with Gasteiger partial charge in [0.2, 0.25) is 0 Å². The maximum Gasteiger partial charge on any atom is 0.0862 e. The van der Waals surface area contributed by atoms with Crippen LogP contribution in [0.5, 0.6) is 0 Å². The average molecular weight is 144 g/mol. The number of hydrogen-bond acceptors (Lipinski definition) is 1. The van der Waals surface area contributed by atoms with Gasteiger partial charge in [0, 0.05) is 5.02 Å². The second-order valence-electron chi connectivity index (χ2n) is 1.69. The summed E-state index contributed by atoms with van der Waals surface area (Å²) in [7, 11) is 0. The quantitative estimate of drug-likeness (QED) is 0.564. The second-order valence-corrected chi connectivity index (χ2v) is 2.12. The molecule has 0 aromatic heterocycles. The smallest absolute Gasteiger partial charge is 0.0862 e. The highest BCUT2D eigenvalue weighted by molar-refractivity contribution is 6.30. The molecule has 0 spiro atoms. The molecule has 4 N–H and O–H groups in total. The molecule has 0 aliphatic rings. The first-order chi connectivity index (χ1) is 4.33. The molecule has 1 rings (SSSR count). The summed E-state index contributed by atoms with van der Waals surface area (Å²) < 4.78 is 0. The van der Waals surface area contributed by atoms with Crippen molar-refractivity contribution in [2.45, 2.75) is 0 Å². The topological polar surface area (TPSA) is 39.7 Å². The van der Waals surface area contributed by atoms with E-state index < -0.39 is 0 Å². The highest BCUT2D eigenvalue weighted by Gasteiger charge is 1.88. The summed E-state index contributed by atoms with van der Waals surface area (Å²) in [6, 6.07) is 7.41. The third-order valence-corrected chi connectivity index (χ3v) is 1.26. The first-order valence-electron chi connectivity index (χ1n) is 2.61. The third-order valence-electron chi connectivity index (χ3n) is 1.03. The van der Waals surface area contributed by atoms with Crippen LogP contribution in [0.1, 0.15) is 0 Å². The summed E-state index contributed by atoms with van der Waals surface area (Å²) in [4.78, 5) is 0. The molecule has 0 aliphatic carbocycles. The number of benzene rings is 1. The predicted molar refractivity (Wildman–Crippen MR) is 38.0 cm³/mol. The van der Waals surface area contributed by atoms with Gasteiger partial charge in [0.15, 0.2) is 0 Å². The minimum Gasteiger partial charge on any atom is -0.258 e. The van der Waals surface area contributed by atoms with E-state index in [-0.39, 0.29) is 0 Å². The van der Waals surface area contributed by atoms with Gasteiger partial charge in [0.1, 0.15) is 0 Å². The minimum atomic E-state index is 0.726. The Hall–Kier alpha value is -0.730. The zero-order chi connectivity index (χ0) is 6.69. The van der Waals surface area contributed by atoms with E-state index in [2.05, 4.69) is 11.3 Å². The summed E-state index contributed by atoms with van der Waals surface area (Å²) in [6.45, 7) is 0. The monoisotopic (exact) mass is 143 g/mol. The maximum atomic E-state index is 5.66. The van der Waals surface area contributed by atoms with Crippen molar-refractivity contribution in [1.82, 2.24) is 0 Å². The molecule has 1 aromatic carbocycles. The van der Waals surface area contributed by atoms with Gasteiger partial charge in [-0.1, -0.05) is 17.7 Å². The first-order valence-corrected chi connectivity index (χ1v) is 2.99. The minimum absolute atomic E-state index is 0.726. The Morgan fingerprint density at radius 1 is 1.44 bits per heavy atom. The van der Waals surface area contributed by atoms with Crippen molar-refractivity contribution in [2.24, 2.45) is 0 Å². The predicted octanol–water partition coefficient (Wildman–Crippen LogP) is 0.909. The van der Waals surface area contributed by atoms with Crippen molar-refractivity contribution in [3.05, 3.63) is 29.3 Å². The van der Waals surface area contributed by atoms with E-state index in [4.69, 9.17) is 11.6 Å². The van der Waals surface area contributed by atoms with E-state index in [1.54, 1.807) is 0 Å². The van der Waals surface area contributed by atoms with Crippen LogP contribution in [0.4, 0.5) is 5.69 Å². The van der Waals surface area contributed by atoms with Crippen molar-refractivity contribution in [1.29, 1.82) is 0 Å². The van der Waals surface area contributed by atoms with Crippen LogP contribution in [0.15, 0.2) is 24.3 Å². The van der Waals surface area contributed by atoms with Crippen LogP contribution in [-0.4, -0.2) is 0 Å². The van der Waals surface area contributed by atoms with Crippen LogP contribution in [0, 0.1) is 0 Å². The van der Waals surface area contributed by atoms with Gasteiger partial charge in [-0.15, -0.1) is 0 Å². The lowest BCUT2D eigenvalue weighted by atomic mass is 10.3. The van der Waals surface area contributed by atoms with Crippen LogP contribution in [0.3, 0.4) is 0 Å². The molecule has 0 fully saturated rings. The highest BCUT2D eigenvalue weighted by atomic mass is 35.5. The Balaban J connectivity index is 2.94. The number of hydrogen-bond donors (Lipinski definition) is 2. The summed E-state index contributed by atoms with van der Waals surface area (Å²) in [6.07, 6.45) is 0. The van der Waals surface area contributed by atoms with E-state index in [9.17, 15) is 0 Å². The Morgan fingerprint density at radius 2 is 2.22 bits per heavy atom. The van der Waals surface area contributed by atoms with E-state index in [0.717, 1.165) is 10.7 Å². The van der Waals surface area contributed by atoms with Gasteiger partial charge >= 0.3 is 0 Å². The Bertz CT molecular complexity index is 200. The van der Waals surface area contributed by atoms with Crippen LogP contribution in [0.25, 0.3) is 0 Å².